The van der Waals surface area contributed by atoms with E-state index >= 15 is 0 Å². The average Bonchev–Trinajstić information content (AvgIpc) is 3.39. The molecule has 3 aliphatic rings. The van der Waals surface area contributed by atoms with E-state index in [0.29, 0.717) is 24.5 Å². The van der Waals surface area contributed by atoms with Gasteiger partial charge in [0.1, 0.15) is 0 Å². The molecule has 21 heavy (non-hydrogen) atoms. The van der Waals surface area contributed by atoms with Crippen molar-refractivity contribution in [2.45, 2.75) is 51.1 Å². The van der Waals surface area contributed by atoms with Gasteiger partial charge in [0.2, 0.25) is 5.91 Å². The highest BCUT2D eigenvalue weighted by Crippen LogP contribution is 2.39. The van der Waals surface area contributed by atoms with Crippen LogP contribution < -0.4 is 4.90 Å². The van der Waals surface area contributed by atoms with Gasteiger partial charge >= 0.3 is 0 Å². The van der Waals surface area contributed by atoms with Gasteiger partial charge in [0.15, 0.2) is 0 Å². The molecule has 0 spiro atoms. The second-order valence-electron chi connectivity index (χ2n) is 6.91. The zero-order chi connectivity index (χ0) is 14.4. The summed E-state index contributed by atoms with van der Waals surface area (Å²) in [5.74, 6) is 1.13. The Labute approximate surface area is 126 Å². The molecule has 3 nitrogen and oxygen atoms in total. The van der Waals surface area contributed by atoms with Crippen molar-refractivity contribution < 1.29 is 4.79 Å². The fourth-order valence-corrected chi connectivity index (χ4v) is 3.70. The molecular weight excluding hydrogens is 260 g/mol. The van der Waals surface area contributed by atoms with Crippen LogP contribution in [0.5, 0.6) is 0 Å². The zero-order valence-electron chi connectivity index (χ0n) is 12.8. The summed E-state index contributed by atoms with van der Waals surface area (Å²) in [5.41, 5.74) is 2.45. The smallest absolute Gasteiger partial charge is 0.241 e. The molecule has 0 radical (unpaired) electrons. The largest absolute Gasteiger partial charge is 0.311 e. The number of benzene rings is 1. The van der Waals surface area contributed by atoms with Crippen LogP contribution in [0.25, 0.3) is 0 Å². The summed E-state index contributed by atoms with van der Waals surface area (Å²) in [6, 6.07) is 9.59. The van der Waals surface area contributed by atoms with Gasteiger partial charge in [-0.25, -0.2) is 0 Å². The van der Waals surface area contributed by atoms with Crippen LogP contribution in [-0.2, 0) is 11.2 Å². The standard InChI is InChI=1S/C18H24N2O/c1-13(14-6-7-14)20(16-8-9-16)12-18(21)19-11-10-15-4-2-3-5-17(15)19/h2-5,13-14,16H,6-12H2,1H3/t13-/m1/s1. The number of carbonyl (C=O) groups excluding carboxylic acids is 1. The van der Waals surface area contributed by atoms with Crippen molar-refractivity contribution in [3.63, 3.8) is 0 Å². The quantitative estimate of drug-likeness (QED) is 0.830. The first-order valence-electron chi connectivity index (χ1n) is 8.38. The maximum atomic E-state index is 12.8. The van der Waals surface area contributed by atoms with Crippen LogP contribution in [0.1, 0.15) is 38.2 Å². The van der Waals surface area contributed by atoms with Gasteiger partial charge < -0.3 is 4.90 Å². The van der Waals surface area contributed by atoms with E-state index in [1.807, 2.05) is 11.0 Å². The summed E-state index contributed by atoms with van der Waals surface area (Å²) < 4.78 is 0. The Morgan fingerprint density at radius 2 is 2.05 bits per heavy atom. The molecule has 2 fully saturated rings. The Hall–Kier alpha value is -1.35. The van der Waals surface area contributed by atoms with Crippen LogP contribution in [-0.4, -0.2) is 36.0 Å². The Kier molecular flexibility index (Phi) is 3.26. The zero-order valence-corrected chi connectivity index (χ0v) is 12.8. The normalized spacial score (nSPS) is 22.5. The number of amides is 1. The topological polar surface area (TPSA) is 23.6 Å². The lowest BCUT2D eigenvalue weighted by molar-refractivity contribution is -0.120. The highest BCUT2D eigenvalue weighted by molar-refractivity contribution is 5.96. The maximum Gasteiger partial charge on any atom is 0.241 e. The first-order chi connectivity index (χ1) is 10.2. The lowest BCUT2D eigenvalue weighted by Gasteiger charge is -2.30. The highest BCUT2D eigenvalue weighted by atomic mass is 16.2. The molecule has 0 N–H and O–H groups in total. The maximum absolute atomic E-state index is 12.8. The molecule has 2 saturated carbocycles. The second-order valence-corrected chi connectivity index (χ2v) is 6.91. The van der Waals surface area contributed by atoms with Crippen molar-refractivity contribution in [3.8, 4) is 0 Å². The van der Waals surface area contributed by atoms with Crippen LogP contribution >= 0.6 is 0 Å². The fourth-order valence-electron chi connectivity index (χ4n) is 3.70. The Morgan fingerprint density at radius 1 is 1.29 bits per heavy atom. The van der Waals surface area contributed by atoms with Crippen molar-refractivity contribution >= 4 is 11.6 Å². The van der Waals surface area contributed by atoms with E-state index in [0.717, 1.165) is 24.6 Å². The first-order valence-corrected chi connectivity index (χ1v) is 8.38. The van der Waals surface area contributed by atoms with Gasteiger partial charge in [-0.1, -0.05) is 18.2 Å². The summed E-state index contributed by atoms with van der Waals surface area (Å²) in [6.45, 7) is 3.78. The molecule has 1 aromatic carbocycles. The molecule has 1 heterocycles. The Balaban J connectivity index is 1.47. The SMILES string of the molecule is C[C@H](C1CC1)N(CC(=O)N1CCc2ccccc21)C1CC1. The molecule has 112 valence electrons. The van der Waals surface area contributed by atoms with Crippen molar-refractivity contribution in [2.75, 3.05) is 18.0 Å². The van der Waals surface area contributed by atoms with Crippen LogP contribution in [0, 0.1) is 5.92 Å². The summed E-state index contributed by atoms with van der Waals surface area (Å²) in [5, 5.41) is 0. The van der Waals surface area contributed by atoms with E-state index in [9.17, 15) is 4.79 Å². The Bertz CT molecular complexity index is 548. The minimum atomic E-state index is 0.291. The van der Waals surface area contributed by atoms with E-state index in [2.05, 4.69) is 30.0 Å². The van der Waals surface area contributed by atoms with Crippen LogP contribution in [0.3, 0.4) is 0 Å². The van der Waals surface area contributed by atoms with E-state index in [1.165, 1.54) is 31.2 Å². The first kappa shape index (κ1) is 13.3. The monoisotopic (exact) mass is 284 g/mol. The number of rotatable bonds is 5. The van der Waals surface area contributed by atoms with E-state index in [4.69, 9.17) is 0 Å². The molecule has 1 aliphatic heterocycles. The predicted molar refractivity (Wildman–Crippen MR) is 84.4 cm³/mol. The van der Waals surface area contributed by atoms with Gasteiger partial charge in [0, 0.05) is 24.3 Å². The molecule has 1 atom stereocenters. The lowest BCUT2D eigenvalue weighted by atomic mass is 10.1. The molecule has 0 unspecified atom stereocenters. The van der Waals surface area contributed by atoms with Gasteiger partial charge in [0.25, 0.3) is 0 Å². The van der Waals surface area contributed by atoms with Gasteiger partial charge in [-0.05, 0) is 56.6 Å². The molecule has 0 saturated heterocycles. The van der Waals surface area contributed by atoms with Gasteiger partial charge in [-0.2, -0.15) is 0 Å². The van der Waals surface area contributed by atoms with E-state index in [1.54, 1.807) is 0 Å². The third-order valence-electron chi connectivity index (χ3n) is 5.35. The third kappa shape index (κ3) is 2.59. The van der Waals surface area contributed by atoms with Crippen molar-refractivity contribution in [3.05, 3.63) is 29.8 Å². The number of fused-ring (bicyclic) bond motifs is 1. The van der Waals surface area contributed by atoms with Crippen molar-refractivity contribution in [1.29, 1.82) is 0 Å². The summed E-state index contributed by atoms with van der Waals surface area (Å²) in [6.07, 6.45) is 6.27. The van der Waals surface area contributed by atoms with Crippen molar-refractivity contribution in [1.82, 2.24) is 4.90 Å². The minimum Gasteiger partial charge on any atom is -0.311 e. The molecule has 0 aromatic heterocycles. The van der Waals surface area contributed by atoms with E-state index in [-0.39, 0.29) is 0 Å². The molecule has 4 rings (SSSR count). The molecular formula is C18H24N2O. The van der Waals surface area contributed by atoms with Crippen molar-refractivity contribution in [2.24, 2.45) is 5.92 Å². The van der Waals surface area contributed by atoms with Gasteiger partial charge in [0.05, 0.1) is 6.54 Å². The molecule has 1 amide bonds. The summed E-state index contributed by atoms with van der Waals surface area (Å²) in [7, 11) is 0. The summed E-state index contributed by atoms with van der Waals surface area (Å²) in [4.78, 5) is 17.3. The van der Waals surface area contributed by atoms with Gasteiger partial charge in [-0.15, -0.1) is 0 Å². The van der Waals surface area contributed by atoms with Gasteiger partial charge in [-0.3, -0.25) is 9.69 Å². The highest BCUT2D eigenvalue weighted by Gasteiger charge is 2.40. The van der Waals surface area contributed by atoms with E-state index < -0.39 is 0 Å². The van der Waals surface area contributed by atoms with Crippen LogP contribution in [0.2, 0.25) is 0 Å². The number of para-hydroxylation sites is 1. The van der Waals surface area contributed by atoms with Crippen LogP contribution in [0.4, 0.5) is 5.69 Å². The lowest BCUT2D eigenvalue weighted by Crippen LogP contribution is -2.45. The number of hydrogen-bond acceptors (Lipinski definition) is 2. The number of hydrogen-bond donors (Lipinski definition) is 0. The predicted octanol–water partition coefficient (Wildman–Crippen LogP) is 2.84. The number of carbonyl (C=O) groups is 1. The van der Waals surface area contributed by atoms with Crippen LogP contribution in [0.15, 0.2) is 24.3 Å². The molecule has 1 aromatic rings. The third-order valence-corrected chi connectivity index (χ3v) is 5.35. The Morgan fingerprint density at radius 3 is 2.76 bits per heavy atom. The molecule has 0 bridgehead atoms. The number of anilines is 1. The molecule has 3 heteroatoms. The molecule has 2 aliphatic carbocycles. The minimum absolute atomic E-state index is 0.291. The second kappa shape index (κ2) is 5.13. The fraction of sp³-hybridized carbons (Fsp3) is 0.611. The number of nitrogens with zero attached hydrogens (tertiary/aromatic N) is 2. The summed E-state index contributed by atoms with van der Waals surface area (Å²) >= 11 is 0. The average molecular weight is 284 g/mol.